The molecule has 0 radical (unpaired) electrons. The summed E-state index contributed by atoms with van der Waals surface area (Å²) in [5, 5.41) is 10.2. The van der Waals surface area contributed by atoms with Gasteiger partial charge in [-0.1, -0.05) is 64.0 Å². The third-order valence-electron chi connectivity index (χ3n) is 5.86. The van der Waals surface area contributed by atoms with Gasteiger partial charge in [0.25, 0.3) is 0 Å². The zero-order valence-corrected chi connectivity index (χ0v) is 17.1. The van der Waals surface area contributed by atoms with Crippen LogP contribution in [-0.4, -0.2) is 41.3 Å². The number of rotatable bonds is 15. The van der Waals surface area contributed by atoms with Crippen molar-refractivity contribution < 1.29 is 9.59 Å². The Morgan fingerprint density at radius 1 is 1.00 bits per heavy atom. The van der Waals surface area contributed by atoms with E-state index in [0.717, 1.165) is 24.0 Å². The number of quaternary nitrogens is 1. The fraction of sp³-hybridized carbons (Fsp3) is 0.864. The highest BCUT2D eigenvalue weighted by molar-refractivity contribution is 5.60. The Kier molecular flexibility index (Phi) is 12.1. The highest BCUT2D eigenvalue weighted by Crippen LogP contribution is 2.26. The molecule has 1 rings (SSSR count). The second-order valence-electron chi connectivity index (χ2n) is 7.68. The Morgan fingerprint density at radius 2 is 1.60 bits per heavy atom. The molecule has 0 aliphatic carbocycles. The average Bonchev–Trinajstić information content (AvgIpc) is 3.03. The fourth-order valence-corrected chi connectivity index (χ4v) is 4.02. The van der Waals surface area contributed by atoms with E-state index in [2.05, 4.69) is 31.0 Å². The van der Waals surface area contributed by atoms with Gasteiger partial charge in [-0.3, -0.25) is 4.48 Å². The molecule has 25 heavy (non-hydrogen) atoms. The van der Waals surface area contributed by atoms with Crippen molar-refractivity contribution in [1.82, 2.24) is 0 Å². The predicted octanol–water partition coefficient (Wildman–Crippen LogP) is 5.83. The molecule has 3 atom stereocenters. The van der Waals surface area contributed by atoms with Crippen LogP contribution in [0.1, 0.15) is 97.8 Å². The molecule has 0 saturated heterocycles. The van der Waals surface area contributed by atoms with Gasteiger partial charge in [0.2, 0.25) is 0 Å². The number of hydrogen-bond donors (Lipinski definition) is 1. The van der Waals surface area contributed by atoms with Crippen LogP contribution in [0.2, 0.25) is 0 Å². The number of allylic oxidation sites excluding steroid dienone is 2. The van der Waals surface area contributed by atoms with Crippen molar-refractivity contribution in [3.05, 3.63) is 12.2 Å². The molecule has 1 aliphatic rings. The third-order valence-corrected chi connectivity index (χ3v) is 5.86. The lowest BCUT2D eigenvalue weighted by Crippen LogP contribution is -2.57. The smallest absolute Gasteiger partial charge is 0.189 e. The molecule has 0 aromatic rings. The first-order valence-corrected chi connectivity index (χ1v) is 10.9. The molecule has 0 aromatic carbocycles. The Balaban J connectivity index is 1.97. The molecule has 1 aliphatic heterocycles. The van der Waals surface area contributed by atoms with Crippen LogP contribution < -0.4 is 0 Å². The summed E-state index contributed by atoms with van der Waals surface area (Å²) in [7, 11) is 0. The molecule has 0 bridgehead atoms. The van der Waals surface area contributed by atoms with Crippen molar-refractivity contribution in [2.45, 2.75) is 110 Å². The largest absolute Gasteiger partial charge is 0.345 e. The second kappa shape index (κ2) is 13.5. The molecule has 3 nitrogen and oxygen atoms in total. The van der Waals surface area contributed by atoms with Crippen LogP contribution in [0.4, 0.5) is 0 Å². The maximum absolute atomic E-state index is 10.2. The van der Waals surface area contributed by atoms with Gasteiger partial charge in [0.15, 0.2) is 12.4 Å². The van der Waals surface area contributed by atoms with Gasteiger partial charge >= 0.3 is 0 Å². The minimum Gasteiger partial charge on any atom is -0.345 e. The van der Waals surface area contributed by atoms with Crippen LogP contribution in [0.3, 0.4) is 0 Å². The summed E-state index contributed by atoms with van der Waals surface area (Å²) in [6, 6.07) is 0. The van der Waals surface area contributed by atoms with Crippen LogP contribution in [-0.2, 0) is 0 Å². The monoisotopic (exact) mass is 351 g/mol. The van der Waals surface area contributed by atoms with E-state index in [9.17, 15) is 5.11 Å². The summed E-state index contributed by atoms with van der Waals surface area (Å²) in [4.78, 5) is 4.66. The maximum Gasteiger partial charge on any atom is 0.189 e. The number of aliphatic hydroxyl groups excluding tert-OH is 1. The van der Waals surface area contributed by atoms with E-state index in [-0.39, 0.29) is 12.4 Å². The van der Waals surface area contributed by atoms with Gasteiger partial charge in [-0.15, -0.1) is 0 Å². The van der Waals surface area contributed by atoms with Crippen LogP contribution in [0.15, 0.2) is 17.1 Å². The zero-order chi connectivity index (χ0) is 18.4. The van der Waals surface area contributed by atoms with Gasteiger partial charge in [-0.2, -0.15) is 0 Å². The molecule has 1 heterocycles. The van der Waals surface area contributed by atoms with E-state index in [4.69, 9.17) is 0 Å². The van der Waals surface area contributed by atoms with Crippen LogP contribution >= 0.6 is 0 Å². The van der Waals surface area contributed by atoms with Crippen molar-refractivity contribution in [2.24, 2.45) is 4.99 Å². The van der Waals surface area contributed by atoms with Gasteiger partial charge in [0.1, 0.15) is 6.54 Å². The molecule has 0 spiro atoms. The Morgan fingerprint density at radius 3 is 2.16 bits per heavy atom. The maximum atomic E-state index is 10.2. The summed E-state index contributed by atoms with van der Waals surface area (Å²) in [6.45, 7) is 8.16. The summed E-state index contributed by atoms with van der Waals surface area (Å²) >= 11 is 0. The first kappa shape index (κ1) is 22.4. The van der Waals surface area contributed by atoms with Crippen LogP contribution in [0.25, 0.3) is 0 Å². The van der Waals surface area contributed by atoms with Gasteiger partial charge in [0, 0.05) is 13.3 Å². The first-order valence-electron chi connectivity index (χ1n) is 10.9. The number of hydrogen-bond acceptors (Lipinski definition) is 2. The number of aliphatic imine (C=N–C) groups is 1. The lowest BCUT2D eigenvalue weighted by atomic mass is 10.0. The summed E-state index contributed by atoms with van der Waals surface area (Å²) in [5.41, 5.74) is 0. The Hall–Kier alpha value is -0.670. The van der Waals surface area contributed by atoms with E-state index in [1.807, 2.05) is 13.1 Å². The number of aliphatic hydroxyl groups is 1. The average molecular weight is 352 g/mol. The van der Waals surface area contributed by atoms with Crippen molar-refractivity contribution in [2.75, 3.05) is 13.1 Å². The normalized spacial score (nSPS) is 24.4. The Bertz CT molecular complexity index is 378. The van der Waals surface area contributed by atoms with E-state index >= 15 is 0 Å². The van der Waals surface area contributed by atoms with Crippen molar-refractivity contribution in [3.8, 4) is 0 Å². The number of unbranched alkanes of at least 4 members (excludes halogenated alkanes) is 9. The van der Waals surface area contributed by atoms with E-state index < -0.39 is 0 Å². The minimum atomic E-state index is -0.310. The van der Waals surface area contributed by atoms with Crippen molar-refractivity contribution in [3.63, 3.8) is 0 Å². The molecular weight excluding hydrogens is 308 g/mol. The molecule has 0 fully saturated rings. The molecule has 1 N–H and O–H groups in total. The lowest BCUT2D eigenvalue weighted by molar-refractivity contribution is -0.976. The highest BCUT2D eigenvalue weighted by atomic mass is 16.3. The zero-order valence-electron chi connectivity index (χ0n) is 17.1. The SMILES string of the molecule is CC/C=C/CCCCCCCCCCCC1N=CC[N+]1(CC)C(C)O. The molecular formula is C22H43N2O+. The predicted molar refractivity (Wildman–Crippen MR) is 110 cm³/mol. The number of nitrogens with zero attached hydrogens (tertiary/aromatic N) is 2. The van der Waals surface area contributed by atoms with Crippen LogP contribution in [0, 0.1) is 0 Å². The molecule has 3 heteroatoms. The topological polar surface area (TPSA) is 32.6 Å². The molecule has 0 amide bonds. The van der Waals surface area contributed by atoms with E-state index in [0.29, 0.717) is 0 Å². The first-order chi connectivity index (χ1) is 12.2. The van der Waals surface area contributed by atoms with Gasteiger partial charge < -0.3 is 5.11 Å². The molecule has 146 valence electrons. The summed E-state index contributed by atoms with van der Waals surface area (Å²) < 4.78 is 0.743. The van der Waals surface area contributed by atoms with Crippen molar-refractivity contribution >= 4 is 6.21 Å². The molecule has 3 unspecified atom stereocenters. The fourth-order valence-electron chi connectivity index (χ4n) is 4.02. The van der Waals surface area contributed by atoms with Crippen LogP contribution in [0.5, 0.6) is 0 Å². The standard InChI is InChI=1S/C22H43N2O/c1-4-6-7-8-9-10-11-12-13-14-15-16-17-18-22-23-19-20-24(22,5-2)21(3)25/h6-7,19,21-22,25H,4-5,8-18,20H2,1-3H3/q+1/b7-6+. The minimum absolute atomic E-state index is 0.284. The summed E-state index contributed by atoms with van der Waals surface area (Å²) in [6.07, 6.45) is 22.4. The quantitative estimate of drug-likeness (QED) is 0.225. The summed E-state index contributed by atoms with van der Waals surface area (Å²) in [5.74, 6) is 0. The van der Waals surface area contributed by atoms with Crippen molar-refractivity contribution in [1.29, 1.82) is 0 Å². The van der Waals surface area contributed by atoms with E-state index in [1.165, 1.54) is 70.6 Å². The lowest BCUT2D eigenvalue weighted by Gasteiger charge is -2.40. The van der Waals surface area contributed by atoms with Gasteiger partial charge in [-0.25, -0.2) is 4.99 Å². The third kappa shape index (κ3) is 8.04. The van der Waals surface area contributed by atoms with E-state index in [1.54, 1.807) is 0 Å². The second-order valence-corrected chi connectivity index (χ2v) is 7.68. The molecule has 0 saturated carbocycles. The van der Waals surface area contributed by atoms with Gasteiger partial charge in [0.05, 0.1) is 12.8 Å². The highest BCUT2D eigenvalue weighted by Gasteiger charge is 2.41. The molecule has 0 aromatic heterocycles. The van der Waals surface area contributed by atoms with Gasteiger partial charge in [-0.05, 0) is 32.6 Å². The Labute approximate surface area is 156 Å².